The Hall–Kier alpha value is -2.22. The van der Waals surface area contributed by atoms with Gasteiger partial charge in [-0.15, -0.1) is 5.10 Å². The average Bonchev–Trinajstić information content (AvgIpc) is 2.91. The molecule has 0 bridgehead atoms. The molecule has 1 atom stereocenters. The first-order valence-electron chi connectivity index (χ1n) is 7.98. The average molecular weight is 347 g/mol. The maximum absolute atomic E-state index is 11.7. The van der Waals surface area contributed by atoms with Crippen molar-refractivity contribution in [2.24, 2.45) is 0 Å². The molecule has 1 saturated heterocycles. The first-order chi connectivity index (χ1) is 11.5. The van der Waals surface area contributed by atoms with Crippen LogP contribution in [0.2, 0.25) is 0 Å². The van der Waals surface area contributed by atoms with Gasteiger partial charge in [-0.25, -0.2) is 8.42 Å². The van der Waals surface area contributed by atoms with Crippen LogP contribution < -0.4 is 10.2 Å². The molecule has 7 nitrogen and oxygen atoms in total. The molecule has 2 heterocycles. The normalized spacial score (nSPS) is 19.2. The molecule has 0 amide bonds. The molecule has 1 aromatic carbocycles. The van der Waals surface area contributed by atoms with Gasteiger partial charge in [0.25, 0.3) is 0 Å². The zero-order chi connectivity index (χ0) is 17.2. The highest BCUT2D eigenvalue weighted by molar-refractivity contribution is 7.91. The van der Waals surface area contributed by atoms with Gasteiger partial charge in [0.2, 0.25) is 5.95 Å². The number of rotatable bonds is 5. The van der Waals surface area contributed by atoms with Crippen molar-refractivity contribution < 1.29 is 8.42 Å². The number of aryl methyl sites for hydroxylation is 1. The molecule has 24 heavy (non-hydrogen) atoms. The number of sulfone groups is 1. The van der Waals surface area contributed by atoms with E-state index in [2.05, 4.69) is 20.5 Å². The molecule has 1 aromatic heterocycles. The molecule has 0 saturated carbocycles. The number of hydrogen-bond acceptors (Lipinski definition) is 7. The maximum Gasteiger partial charge on any atom is 0.247 e. The highest BCUT2D eigenvalue weighted by Gasteiger charge is 2.33. The number of anilines is 3. The van der Waals surface area contributed by atoms with Crippen molar-refractivity contribution in [3.63, 3.8) is 0 Å². The Balaban J connectivity index is 1.83. The van der Waals surface area contributed by atoms with Crippen molar-refractivity contribution in [2.45, 2.75) is 26.3 Å². The van der Waals surface area contributed by atoms with Crippen molar-refractivity contribution >= 4 is 27.3 Å². The smallest absolute Gasteiger partial charge is 0.247 e. The molecule has 1 aliphatic rings. The predicted molar refractivity (Wildman–Crippen MR) is 94.4 cm³/mol. The minimum absolute atomic E-state index is 0.0875. The van der Waals surface area contributed by atoms with Gasteiger partial charge in [-0.3, -0.25) is 0 Å². The van der Waals surface area contributed by atoms with Crippen LogP contribution in [0.3, 0.4) is 0 Å². The number of nitrogens with one attached hydrogen (secondary N) is 1. The third-order valence-corrected chi connectivity index (χ3v) is 5.95. The van der Waals surface area contributed by atoms with Crippen LogP contribution in [0.25, 0.3) is 0 Å². The molecule has 1 aliphatic heterocycles. The Kier molecular flexibility index (Phi) is 4.66. The molecule has 0 radical (unpaired) electrons. The highest BCUT2D eigenvalue weighted by atomic mass is 32.2. The summed E-state index contributed by atoms with van der Waals surface area (Å²) in [7, 11) is -2.96. The van der Waals surface area contributed by atoms with Crippen LogP contribution >= 0.6 is 0 Å². The maximum atomic E-state index is 11.7. The van der Waals surface area contributed by atoms with Crippen LogP contribution in [-0.4, -0.2) is 47.7 Å². The zero-order valence-electron chi connectivity index (χ0n) is 13.8. The van der Waals surface area contributed by atoms with Crippen LogP contribution in [0.4, 0.5) is 17.5 Å². The second-order valence-corrected chi connectivity index (χ2v) is 8.15. The first kappa shape index (κ1) is 16.6. The van der Waals surface area contributed by atoms with Crippen molar-refractivity contribution in [1.29, 1.82) is 0 Å². The molecular formula is C16H21N5O2S. The van der Waals surface area contributed by atoms with Crippen LogP contribution in [0.1, 0.15) is 18.9 Å². The SMILES string of the molecule is CCN(c1nncc(Nc2ccccc2C)n1)C1CCS(=O)(=O)C1. The van der Waals surface area contributed by atoms with E-state index in [0.29, 0.717) is 24.7 Å². The number of para-hydroxylation sites is 1. The van der Waals surface area contributed by atoms with Gasteiger partial charge in [0.1, 0.15) is 0 Å². The fraction of sp³-hybridized carbons (Fsp3) is 0.438. The van der Waals surface area contributed by atoms with Crippen LogP contribution in [0.5, 0.6) is 0 Å². The fourth-order valence-electron chi connectivity index (χ4n) is 2.91. The Labute approximate surface area is 142 Å². The Bertz CT molecular complexity index is 825. The van der Waals surface area contributed by atoms with E-state index >= 15 is 0 Å². The molecular weight excluding hydrogens is 326 g/mol. The lowest BCUT2D eigenvalue weighted by atomic mass is 10.2. The Morgan fingerprint density at radius 1 is 1.33 bits per heavy atom. The topological polar surface area (TPSA) is 88.1 Å². The molecule has 3 rings (SSSR count). The molecule has 0 aliphatic carbocycles. The van der Waals surface area contributed by atoms with E-state index in [4.69, 9.17) is 0 Å². The zero-order valence-corrected chi connectivity index (χ0v) is 14.6. The minimum Gasteiger partial charge on any atom is -0.339 e. The standard InChI is InChI=1S/C16H21N5O2S/c1-3-21(13-8-9-24(22,23)11-13)16-19-15(10-17-20-16)18-14-7-5-4-6-12(14)2/h4-7,10,13H,3,8-9,11H2,1-2H3,(H,18,19,20). The molecule has 128 valence electrons. The van der Waals surface area contributed by atoms with Crippen molar-refractivity contribution in [1.82, 2.24) is 15.2 Å². The third-order valence-electron chi connectivity index (χ3n) is 4.20. The Morgan fingerprint density at radius 2 is 2.12 bits per heavy atom. The van der Waals surface area contributed by atoms with Gasteiger partial charge in [0, 0.05) is 18.3 Å². The number of benzene rings is 1. The van der Waals surface area contributed by atoms with Crippen molar-refractivity contribution in [3.8, 4) is 0 Å². The summed E-state index contributed by atoms with van der Waals surface area (Å²) in [4.78, 5) is 6.44. The highest BCUT2D eigenvalue weighted by Crippen LogP contribution is 2.23. The third kappa shape index (κ3) is 3.64. The molecule has 1 unspecified atom stereocenters. The lowest BCUT2D eigenvalue weighted by Crippen LogP contribution is -2.37. The first-order valence-corrected chi connectivity index (χ1v) is 9.80. The molecule has 1 fully saturated rings. The van der Waals surface area contributed by atoms with E-state index < -0.39 is 9.84 Å². The largest absolute Gasteiger partial charge is 0.339 e. The predicted octanol–water partition coefficient (Wildman–Crippen LogP) is 1.94. The van der Waals surface area contributed by atoms with Gasteiger partial charge < -0.3 is 10.2 Å². The second kappa shape index (κ2) is 6.72. The minimum atomic E-state index is -2.96. The van der Waals surface area contributed by atoms with E-state index in [0.717, 1.165) is 11.3 Å². The van der Waals surface area contributed by atoms with Gasteiger partial charge in [0.15, 0.2) is 15.7 Å². The summed E-state index contributed by atoms with van der Waals surface area (Å²) in [5.74, 6) is 1.43. The lowest BCUT2D eigenvalue weighted by Gasteiger charge is -2.26. The number of nitrogens with zero attached hydrogens (tertiary/aromatic N) is 4. The number of hydrogen-bond donors (Lipinski definition) is 1. The lowest BCUT2D eigenvalue weighted by molar-refractivity contribution is 0.598. The van der Waals surface area contributed by atoms with Crippen molar-refractivity contribution in [2.75, 3.05) is 28.3 Å². The summed E-state index contributed by atoms with van der Waals surface area (Å²) in [6, 6.07) is 7.82. The molecule has 1 N–H and O–H groups in total. The monoisotopic (exact) mass is 347 g/mol. The van der Waals surface area contributed by atoms with Gasteiger partial charge in [0.05, 0.1) is 17.7 Å². The summed E-state index contributed by atoms with van der Waals surface area (Å²) in [5.41, 5.74) is 2.06. The quantitative estimate of drug-likeness (QED) is 0.884. The summed E-state index contributed by atoms with van der Waals surface area (Å²) in [5, 5.41) is 11.4. The fourth-order valence-corrected chi connectivity index (χ4v) is 4.64. The van der Waals surface area contributed by atoms with E-state index in [9.17, 15) is 8.42 Å². The van der Waals surface area contributed by atoms with E-state index in [1.54, 1.807) is 6.20 Å². The summed E-state index contributed by atoms with van der Waals surface area (Å²) in [6.07, 6.45) is 2.17. The molecule has 8 heteroatoms. The van der Waals surface area contributed by atoms with Crippen molar-refractivity contribution in [3.05, 3.63) is 36.0 Å². The van der Waals surface area contributed by atoms with Crippen LogP contribution in [0.15, 0.2) is 30.5 Å². The van der Waals surface area contributed by atoms with E-state index in [-0.39, 0.29) is 17.5 Å². The second-order valence-electron chi connectivity index (χ2n) is 5.92. The summed E-state index contributed by atoms with van der Waals surface area (Å²) >= 11 is 0. The van der Waals surface area contributed by atoms with Crippen LogP contribution in [-0.2, 0) is 9.84 Å². The number of aromatic nitrogens is 3. The Morgan fingerprint density at radius 3 is 2.79 bits per heavy atom. The molecule has 2 aromatic rings. The van der Waals surface area contributed by atoms with Gasteiger partial charge >= 0.3 is 0 Å². The van der Waals surface area contributed by atoms with Gasteiger partial charge in [-0.2, -0.15) is 10.1 Å². The van der Waals surface area contributed by atoms with E-state index in [1.165, 1.54) is 0 Å². The summed E-state index contributed by atoms with van der Waals surface area (Å²) < 4.78 is 23.5. The van der Waals surface area contributed by atoms with Gasteiger partial charge in [-0.1, -0.05) is 18.2 Å². The van der Waals surface area contributed by atoms with E-state index in [1.807, 2.05) is 43.0 Å². The summed E-state index contributed by atoms with van der Waals surface area (Å²) in [6.45, 7) is 4.62. The van der Waals surface area contributed by atoms with Gasteiger partial charge in [-0.05, 0) is 31.9 Å². The van der Waals surface area contributed by atoms with Crippen LogP contribution in [0, 0.1) is 6.92 Å². The molecule has 0 spiro atoms.